The van der Waals surface area contributed by atoms with Crippen LogP contribution in [0.3, 0.4) is 0 Å². The zero-order valence-corrected chi connectivity index (χ0v) is 18.9. The number of hydrogen-bond donors (Lipinski definition) is 0. The third kappa shape index (κ3) is 5.63. The largest absolute Gasteiger partial charge is 0.496 e. The standard InChI is InChI=1S/C22H31N5OS/c1-15(2)22-23-19(14-29-22)10-8-6-7-9-17-13-18(11-12-20(17)28-5)21-24-26-27(25-21)16(3)4/h11-16H,6-10H2,1-5H3. The van der Waals surface area contributed by atoms with Crippen molar-refractivity contribution in [1.29, 1.82) is 0 Å². The second-order valence-electron chi connectivity index (χ2n) is 7.95. The van der Waals surface area contributed by atoms with E-state index in [4.69, 9.17) is 9.72 Å². The van der Waals surface area contributed by atoms with Crippen molar-refractivity contribution in [1.82, 2.24) is 25.2 Å². The van der Waals surface area contributed by atoms with Crippen LogP contribution in [0.4, 0.5) is 0 Å². The van der Waals surface area contributed by atoms with Crippen molar-refractivity contribution in [3.05, 3.63) is 39.8 Å². The van der Waals surface area contributed by atoms with E-state index in [0.29, 0.717) is 11.7 Å². The molecule has 0 amide bonds. The summed E-state index contributed by atoms with van der Waals surface area (Å²) in [5, 5.41) is 16.3. The average Bonchev–Trinajstić information content (AvgIpc) is 3.37. The quantitative estimate of drug-likeness (QED) is 0.413. The molecule has 0 N–H and O–H groups in total. The summed E-state index contributed by atoms with van der Waals surface area (Å²) in [5.41, 5.74) is 3.41. The molecule has 29 heavy (non-hydrogen) atoms. The van der Waals surface area contributed by atoms with Gasteiger partial charge in [0.05, 0.1) is 23.9 Å². The smallest absolute Gasteiger partial charge is 0.204 e. The van der Waals surface area contributed by atoms with Crippen LogP contribution in [0, 0.1) is 0 Å². The number of thiazole rings is 1. The van der Waals surface area contributed by atoms with Crippen molar-refractivity contribution >= 4 is 11.3 Å². The minimum atomic E-state index is 0.198. The Morgan fingerprint density at radius 2 is 1.86 bits per heavy atom. The Hall–Kier alpha value is -2.28. The SMILES string of the molecule is COc1ccc(-c2nnn(C(C)C)n2)cc1CCCCCc1csc(C(C)C)n1. The molecule has 1 aromatic carbocycles. The van der Waals surface area contributed by atoms with Gasteiger partial charge in [-0.1, -0.05) is 20.3 Å². The highest BCUT2D eigenvalue weighted by Gasteiger charge is 2.12. The number of aromatic nitrogens is 5. The van der Waals surface area contributed by atoms with E-state index in [9.17, 15) is 0 Å². The minimum Gasteiger partial charge on any atom is -0.496 e. The van der Waals surface area contributed by atoms with Crippen LogP contribution in [0.2, 0.25) is 0 Å². The van der Waals surface area contributed by atoms with E-state index >= 15 is 0 Å². The molecule has 0 spiro atoms. The molecule has 0 aliphatic heterocycles. The fourth-order valence-corrected chi connectivity index (χ4v) is 4.04. The number of hydrogen-bond acceptors (Lipinski definition) is 6. The molecule has 2 heterocycles. The monoisotopic (exact) mass is 413 g/mol. The van der Waals surface area contributed by atoms with Gasteiger partial charge in [-0.05, 0) is 68.5 Å². The zero-order chi connectivity index (χ0) is 20.8. The Balaban J connectivity index is 1.56. The first-order valence-electron chi connectivity index (χ1n) is 10.4. The predicted molar refractivity (Wildman–Crippen MR) is 118 cm³/mol. The minimum absolute atomic E-state index is 0.198. The number of ether oxygens (including phenoxy) is 1. The second kappa shape index (κ2) is 9.96. The number of aryl methyl sites for hydroxylation is 2. The molecule has 2 aromatic heterocycles. The van der Waals surface area contributed by atoms with Gasteiger partial charge >= 0.3 is 0 Å². The highest BCUT2D eigenvalue weighted by molar-refractivity contribution is 7.09. The van der Waals surface area contributed by atoms with Crippen LogP contribution < -0.4 is 4.74 Å². The summed E-state index contributed by atoms with van der Waals surface area (Å²) >= 11 is 1.78. The lowest BCUT2D eigenvalue weighted by atomic mass is 10.0. The highest BCUT2D eigenvalue weighted by atomic mass is 32.1. The predicted octanol–water partition coefficient (Wildman–Crippen LogP) is 5.47. The van der Waals surface area contributed by atoms with Gasteiger partial charge in [-0.3, -0.25) is 0 Å². The molecule has 0 fully saturated rings. The molecule has 0 saturated heterocycles. The molecule has 0 radical (unpaired) electrons. The molecule has 0 unspecified atom stereocenters. The normalized spacial score (nSPS) is 11.6. The van der Waals surface area contributed by atoms with E-state index in [-0.39, 0.29) is 6.04 Å². The Morgan fingerprint density at radius 1 is 1.07 bits per heavy atom. The van der Waals surface area contributed by atoms with Crippen molar-refractivity contribution in [2.45, 2.75) is 71.8 Å². The number of tetrazole rings is 1. The van der Waals surface area contributed by atoms with Crippen molar-refractivity contribution in [3.63, 3.8) is 0 Å². The highest BCUT2D eigenvalue weighted by Crippen LogP contribution is 2.26. The molecule has 3 rings (SSSR count). The van der Waals surface area contributed by atoms with Gasteiger partial charge in [0.15, 0.2) is 0 Å². The Bertz CT molecular complexity index is 916. The van der Waals surface area contributed by atoms with Gasteiger partial charge in [0, 0.05) is 16.9 Å². The van der Waals surface area contributed by atoms with Gasteiger partial charge in [0.1, 0.15) is 5.75 Å². The van der Waals surface area contributed by atoms with Crippen LogP contribution in [-0.2, 0) is 12.8 Å². The van der Waals surface area contributed by atoms with Gasteiger partial charge in [0.2, 0.25) is 5.82 Å². The second-order valence-corrected chi connectivity index (χ2v) is 8.84. The molecule has 6 nitrogen and oxygen atoms in total. The molecule has 3 aromatic rings. The van der Waals surface area contributed by atoms with Crippen molar-refractivity contribution in [3.8, 4) is 17.1 Å². The van der Waals surface area contributed by atoms with Crippen molar-refractivity contribution < 1.29 is 4.74 Å². The summed E-state index contributed by atoms with van der Waals surface area (Å²) in [5.74, 6) is 2.10. The van der Waals surface area contributed by atoms with Crippen LogP contribution in [-0.4, -0.2) is 32.3 Å². The van der Waals surface area contributed by atoms with E-state index < -0.39 is 0 Å². The Morgan fingerprint density at radius 3 is 2.52 bits per heavy atom. The maximum atomic E-state index is 5.56. The lowest BCUT2D eigenvalue weighted by Crippen LogP contribution is -2.04. The molecular weight excluding hydrogens is 382 g/mol. The molecule has 156 valence electrons. The number of methoxy groups -OCH3 is 1. The Labute approximate surface area is 177 Å². The molecule has 7 heteroatoms. The topological polar surface area (TPSA) is 65.7 Å². The van der Waals surface area contributed by atoms with E-state index in [0.717, 1.165) is 37.0 Å². The number of rotatable bonds is 10. The van der Waals surface area contributed by atoms with Gasteiger partial charge in [-0.25, -0.2) is 4.98 Å². The van der Waals surface area contributed by atoms with Crippen LogP contribution in [0.25, 0.3) is 11.4 Å². The fraction of sp³-hybridized carbons (Fsp3) is 0.545. The average molecular weight is 414 g/mol. The Kier molecular flexibility index (Phi) is 7.36. The summed E-state index contributed by atoms with van der Waals surface area (Å²) in [6.07, 6.45) is 5.48. The van der Waals surface area contributed by atoms with Crippen molar-refractivity contribution in [2.75, 3.05) is 7.11 Å². The van der Waals surface area contributed by atoms with E-state index in [1.807, 2.05) is 26.0 Å². The lowest BCUT2D eigenvalue weighted by molar-refractivity contribution is 0.409. The third-order valence-electron chi connectivity index (χ3n) is 4.87. The lowest BCUT2D eigenvalue weighted by Gasteiger charge is -2.10. The number of unbranched alkanes of at least 4 members (excludes halogenated alkanes) is 2. The number of nitrogens with zero attached hydrogens (tertiary/aromatic N) is 5. The molecule has 0 saturated carbocycles. The summed E-state index contributed by atoms with van der Waals surface area (Å²) in [7, 11) is 1.72. The molecule has 0 bridgehead atoms. The van der Waals surface area contributed by atoms with E-state index in [1.165, 1.54) is 22.7 Å². The summed E-state index contributed by atoms with van der Waals surface area (Å²) in [6, 6.07) is 6.33. The summed E-state index contributed by atoms with van der Waals surface area (Å²) < 4.78 is 5.56. The van der Waals surface area contributed by atoms with Crippen LogP contribution in [0.15, 0.2) is 23.6 Å². The van der Waals surface area contributed by atoms with E-state index in [2.05, 4.69) is 40.7 Å². The van der Waals surface area contributed by atoms with E-state index in [1.54, 1.807) is 23.2 Å². The first kappa shape index (κ1) is 21.4. The molecule has 0 aliphatic rings. The first-order chi connectivity index (χ1) is 14.0. The van der Waals surface area contributed by atoms with Gasteiger partial charge in [0.25, 0.3) is 0 Å². The molecule has 0 aliphatic carbocycles. The maximum absolute atomic E-state index is 5.56. The van der Waals surface area contributed by atoms with Crippen molar-refractivity contribution in [2.24, 2.45) is 0 Å². The van der Waals surface area contributed by atoms with Crippen LogP contribution in [0.5, 0.6) is 5.75 Å². The van der Waals surface area contributed by atoms with Crippen LogP contribution >= 0.6 is 11.3 Å². The van der Waals surface area contributed by atoms with Crippen LogP contribution in [0.1, 0.15) is 75.2 Å². The van der Waals surface area contributed by atoms with Gasteiger partial charge in [-0.2, -0.15) is 4.80 Å². The zero-order valence-electron chi connectivity index (χ0n) is 18.1. The first-order valence-corrected chi connectivity index (χ1v) is 11.3. The third-order valence-corrected chi connectivity index (χ3v) is 6.07. The maximum Gasteiger partial charge on any atom is 0.204 e. The fourth-order valence-electron chi connectivity index (χ4n) is 3.17. The summed E-state index contributed by atoms with van der Waals surface area (Å²) in [6.45, 7) is 8.48. The van der Waals surface area contributed by atoms with Gasteiger partial charge in [-0.15, -0.1) is 21.5 Å². The molecular formula is C22H31N5OS. The summed E-state index contributed by atoms with van der Waals surface area (Å²) in [4.78, 5) is 6.37. The van der Waals surface area contributed by atoms with Gasteiger partial charge < -0.3 is 4.74 Å². The molecule has 0 atom stereocenters. The number of benzene rings is 1.